The zero-order valence-electron chi connectivity index (χ0n) is 17.4. The van der Waals surface area contributed by atoms with Gasteiger partial charge in [-0.25, -0.2) is 0 Å². The van der Waals surface area contributed by atoms with E-state index in [2.05, 4.69) is 9.80 Å². The van der Waals surface area contributed by atoms with Crippen LogP contribution >= 0.6 is 0 Å². The summed E-state index contributed by atoms with van der Waals surface area (Å²) in [4.78, 5) is 30.3. The van der Waals surface area contributed by atoms with Crippen molar-refractivity contribution in [2.75, 3.05) is 49.1 Å². The van der Waals surface area contributed by atoms with Gasteiger partial charge in [0.25, 0.3) is 11.6 Å². The summed E-state index contributed by atoms with van der Waals surface area (Å²) in [7, 11) is 0. The molecule has 0 spiro atoms. The highest BCUT2D eigenvalue weighted by Crippen LogP contribution is 2.34. The second-order valence-electron chi connectivity index (χ2n) is 8.12. The molecule has 30 heavy (non-hydrogen) atoms. The Morgan fingerprint density at radius 1 is 0.867 bits per heavy atom. The van der Waals surface area contributed by atoms with Gasteiger partial charge in [0.1, 0.15) is 5.69 Å². The summed E-state index contributed by atoms with van der Waals surface area (Å²) < 4.78 is 0. The van der Waals surface area contributed by atoms with Crippen LogP contribution in [0.5, 0.6) is 0 Å². The minimum atomic E-state index is -0.286. The molecule has 0 N–H and O–H groups in total. The predicted molar refractivity (Wildman–Crippen MR) is 118 cm³/mol. The highest BCUT2D eigenvalue weighted by Gasteiger charge is 2.26. The topological polar surface area (TPSA) is 69.9 Å². The Morgan fingerprint density at radius 3 is 2.17 bits per heavy atom. The summed E-state index contributed by atoms with van der Waals surface area (Å²) in [5.41, 5.74) is 3.74. The molecule has 2 aromatic rings. The summed E-state index contributed by atoms with van der Waals surface area (Å²) in [6.45, 7) is 6.46. The van der Waals surface area contributed by atoms with E-state index in [1.54, 1.807) is 6.07 Å². The van der Waals surface area contributed by atoms with E-state index in [0.717, 1.165) is 61.5 Å². The number of hydrogen-bond donors (Lipinski definition) is 0. The number of carbonyl (C=O) groups is 1. The van der Waals surface area contributed by atoms with Crippen LogP contribution in [0.15, 0.2) is 42.5 Å². The number of nitro benzene ring substituents is 1. The van der Waals surface area contributed by atoms with Crippen molar-refractivity contribution in [3.8, 4) is 0 Å². The van der Waals surface area contributed by atoms with E-state index in [9.17, 15) is 14.9 Å². The molecule has 0 aliphatic carbocycles. The van der Waals surface area contributed by atoms with Crippen molar-refractivity contribution in [3.63, 3.8) is 0 Å². The van der Waals surface area contributed by atoms with E-state index in [-0.39, 0.29) is 16.5 Å². The van der Waals surface area contributed by atoms with E-state index >= 15 is 0 Å². The largest absolute Gasteiger partial charge is 0.368 e. The van der Waals surface area contributed by atoms with Crippen LogP contribution in [0.3, 0.4) is 0 Å². The second-order valence-corrected chi connectivity index (χ2v) is 8.12. The Balaban J connectivity index is 1.47. The Kier molecular flexibility index (Phi) is 5.88. The monoisotopic (exact) mass is 408 g/mol. The number of benzene rings is 2. The zero-order valence-corrected chi connectivity index (χ0v) is 17.4. The van der Waals surface area contributed by atoms with Crippen molar-refractivity contribution in [2.24, 2.45) is 0 Å². The van der Waals surface area contributed by atoms with Crippen LogP contribution in [0.4, 0.5) is 17.1 Å². The van der Waals surface area contributed by atoms with E-state index in [0.29, 0.717) is 13.1 Å². The Labute approximate surface area is 177 Å². The van der Waals surface area contributed by atoms with Crippen molar-refractivity contribution >= 4 is 23.0 Å². The van der Waals surface area contributed by atoms with E-state index in [1.807, 2.05) is 48.2 Å². The average Bonchev–Trinajstić information content (AvgIpc) is 2.79. The molecule has 0 saturated carbocycles. The molecule has 2 heterocycles. The maximum Gasteiger partial charge on any atom is 0.292 e. The smallest absolute Gasteiger partial charge is 0.292 e. The van der Waals surface area contributed by atoms with Crippen molar-refractivity contribution in [2.45, 2.75) is 26.2 Å². The molecule has 158 valence electrons. The van der Waals surface area contributed by atoms with E-state index in [1.165, 1.54) is 6.42 Å². The average molecular weight is 409 g/mol. The van der Waals surface area contributed by atoms with Gasteiger partial charge in [-0.2, -0.15) is 0 Å². The second kappa shape index (κ2) is 8.73. The molecule has 2 aromatic carbocycles. The first-order valence-corrected chi connectivity index (χ1v) is 10.7. The van der Waals surface area contributed by atoms with Crippen LogP contribution in [0, 0.1) is 17.0 Å². The van der Waals surface area contributed by atoms with Crippen LogP contribution in [0.1, 0.15) is 35.2 Å². The van der Waals surface area contributed by atoms with Gasteiger partial charge >= 0.3 is 0 Å². The van der Waals surface area contributed by atoms with Gasteiger partial charge in [0, 0.05) is 56.6 Å². The fourth-order valence-electron chi connectivity index (χ4n) is 4.30. The number of rotatable bonds is 4. The van der Waals surface area contributed by atoms with Crippen molar-refractivity contribution in [3.05, 3.63) is 63.7 Å². The lowest BCUT2D eigenvalue weighted by Crippen LogP contribution is -2.48. The fourth-order valence-corrected chi connectivity index (χ4v) is 4.30. The highest BCUT2D eigenvalue weighted by atomic mass is 16.6. The minimum Gasteiger partial charge on any atom is -0.368 e. The quantitative estimate of drug-likeness (QED) is 0.568. The minimum absolute atomic E-state index is 0.0624. The highest BCUT2D eigenvalue weighted by molar-refractivity contribution is 5.94. The molecule has 4 rings (SSSR count). The van der Waals surface area contributed by atoms with E-state index in [4.69, 9.17) is 0 Å². The number of amides is 1. The first-order chi connectivity index (χ1) is 14.5. The number of anilines is 2. The molecule has 1 amide bonds. The zero-order chi connectivity index (χ0) is 21.1. The predicted octanol–water partition coefficient (Wildman–Crippen LogP) is 3.86. The maximum atomic E-state index is 12.8. The van der Waals surface area contributed by atoms with Crippen molar-refractivity contribution < 1.29 is 9.72 Å². The van der Waals surface area contributed by atoms with Gasteiger partial charge in [0.15, 0.2) is 0 Å². The normalized spacial score (nSPS) is 17.2. The summed E-state index contributed by atoms with van der Waals surface area (Å²) in [6, 6.07) is 13.1. The first-order valence-electron chi connectivity index (χ1n) is 10.7. The summed E-state index contributed by atoms with van der Waals surface area (Å²) in [5, 5.41) is 11.5. The number of piperidine rings is 1. The first kappa shape index (κ1) is 20.2. The van der Waals surface area contributed by atoms with Gasteiger partial charge in [0.05, 0.1) is 4.92 Å². The van der Waals surface area contributed by atoms with Crippen LogP contribution in [0.2, 0.25) is 0 Å². The van der Waals surface area contributed by atoms with Crippen molar-refractivity contribution in [1.29, 1.82) is 0 Å². The summed E-state index contributed by atoms with van der Waals surface area (Å²) in [5.74, 6) is 0.0624. The van der Waals surface area contributed by atoms with E-state index < -0.39 is 0 Å². The van der Waals surface area contributed by atoms with Gasteiger partial charge in [-0.3, -0.25) is 14.9 Å². The molecular weight excluding hydrogens is 380 g/mol. The lowest BCUT2D eigenvalue weighted by atomic mass is 10.1. The SMILES string of the molecule is Cc1ccc(C(=O)N2CCN(c3ccc([N+](=O)[O-])c(N4CCCCC4)c3)CC2)cc1. The molecule has 7 nitrogen and oxygen atoms in total. The van der Waals surface area contributed by atoms with Crippen molar-refractivity contribution in [1.82, 2.24) is 4.90 Å². The van der Waals surface area contributed by atoms with Gasteiger partial charge in [-0.15, -0.1) is 0 Å². The van der Waals surface area contributed by atoms with Crippen LogP contribution < -0.4 is 9.80 Å². The molecule has 7 heteroatoms. The summed E-state index contributed by atoms with van der Waals surface area (Å²) in [6.07, 6.45) is 3.32. The fraction of sp³-hybridized carbons (Fsp3) is 0.435. The maximum absolute atomic E-state index is 12.8. The van der Waals surface area contributed by atoms with Gasteiger partial charge in [-0.1, -0.05) is 17.7 Å². The third kappa shape index (κ3) is 4.25. The number of hydrogen-bond acceptors (Lipinski definition) is 5. The van der Waals surface area contributed by atoms with Gasteiger partial charge < -0.3 is 14.7 Å². The number of aryl methyl sites for hydroxylation is 1. The lowest BCUT2D eigenvalue weighted by molar-refractivity contribution is -0.384. The Hall–Kier alpha value is -3.09. The molecule has 2 saturated heterocycles. The molecule has 0 atom stereocenters. The van der Waals surface area contributed by atoms with Crippen LogP contribution in [-0.4, -0.2) is 55.0 Å². The molecule has 0 bridgehead atoms. The Bertz CT molecular complexity index is 915. The third-order valence-electron chi connectivity index (χ3n) is 6.08. The molecule has 2 fully saturated rings. The third-order valence-corrected chi connectivity index (χ3v) is 6.08. The molecular formula is C23H28N4O3. The van der Waals surface area contributed by atoms with Crippen LogP contribution in [0.25, 0.3) is 0 Å². The molecule has 0 radical (unpaired) electrons. The summed E-state index contributed by atoms with van der Waals surface area (Å²) >= 11 is 0. The number of carbonyl (C=O) groups excluding carboxylic acids is 1. The van der Waals surface area contributed by atoms with Gasteiger partial charge in [-0.05, 0) is 50.5 Å². The Morgan fingerprint density at radius 2 is 1.53 bits per heavy atom. The standard InChI is InChI=1S/C23H28N4O3/c1-18-5-7-19(8-6-18)23(28)26-15-13-24(14-16-26)20-9-10-21(27(29)30)22(17-20)25-11-3-2-4-12-25/h5-10,17H,2-4,11-16H2,1H3. The number of nitro groups is 1. The molecule has 0 unspecified atom stereocenters. The van der Waals surface area contributed by atoms with Crippen LogP contribution in [-0.2, 0) is 0 Å². The molecule has 0 aromatic heterocycles. The molecule has 2 aliphatic heterocycles. The molecule has 2 aliphatic rings. The van der Waals surface area contributed by atoms with Gasteiger partial charge in [0.2, 0.25) is 0 Å². The lowest BCUT2D eigenvalue weighted by Gasteiger charge is -2.37. The number of nitrogens with zero attached hydrogens (tertiary/aromatic N) is 4. The number of piperazine rings is 1.